The van der Waals surface area contributed by atoms with Crippen molar-refractivity contribution in [3.63, 3.8) is 0 Å². The maximum Gasteiger partial charge on any atom is 0.255 e. The molecule has 1 unspecified atom stereocenters. The summed E-state index contributed by atoms with van der Waals surface area (Å²) in [7, 11) is 0. The van der Waals surface area contributed by atoms with Crippen LogP contribution in [-0.2, 0) is 19.4 Å². The lowest BCUT2D eigenvalue weighted by Crippen LogP contribution is -2.46. The second kappa shape index (κ2) is 6.86. The molecule has 3 aromatic heterocycles. The van der Waals surface area contributed by atoms with Gasteiger partial charge in [0.05, 0.1) is 5.69 Å². The van der Waals surface area contributed by atoms with Gasteiger partial charge in [-0.15, -0.1) is 0 Å². The normalized spacial score (nSPS) is 20.7. The van der Waals surface area contributed by atoms with E-state index in [9.17, 15) is 4.79 Å². The zero-order valence-corrected chi connectivity index (χ0v) is 16.0. The summed E-state index contributed by atoms with van der Waals surface area (Å²) in [4.78, 5) is 28.4. The average Bonchev–Trinajstić information content (AvgIpc) is 3.13. The average molecular weight is 373 g/mol. The van der Waals surface area contributed by atoms with Crippen LogP contribution in [0.2, 0.25) is 0 Å². The van der Waals surface area contributed by atoms with Gasteiger partial charge in [0.25, 0.3) is 5.56 Å². The van der Waals surface area contributed by atoms with Gasteiger partial charge in [0, 0.05) is 55.5 Å². The Morgan fingerprint density at radius 1 is 1.07 bits per heavy atom. The molecule has 0 fully saturated rings. The van der Waals surface area contributed by atoms with Gasteiger partial charge in [0.2, 0.25) is 5.95 Å². The summed E-state index contributed by atoms with van der Waals surface area (Å²) in [5.74, 6) is 1.32. The van der Waals surface area contributed by atoms with Gasteiger partial charge in [-0.25, -0.2) is 4.98 Å². The molecule has 0 spiro atoms. The third kappa shape index (κ3) is 2.99. The summed E-state index contributed by atoms with van der Waals surface area (Å²) in [5.41, 5.74) is 4.42. The van der Waals surface area contributed by atoms with Crippen LogP contribution in [0.3, 0.4) is 0 Å². The van der Waals surface area contributed by atoms with E-state index in [1.54, 1.807) is 18.5 Å². The Hall–Kier alpha value is -3.02. The number of fused-ring (bicyclic) bond motifs is 2. The van der Waals surface area contributed by atoms with Gasteiger partial charge in [0.1, 0.15) is 0 Å². The second-order valence-corrected chi connectivity index (χ2v) is 7.88. The van der Waals surface area contributed by atoms with Crippen LogP contribution in [0.4, 0.5) is 5.95 Å². The minimum atomic E-state index is 0.0209. The van der Waals surface area contributed by atoms with Crippen molar-refractivity contribution in [2.24, 2.45) is 5.92 Å². The zero-order valence-electron chi connectivity index (χ0n) is 16.0. The van der Waals surface area contributed by atoms with Gasteiger partial charge in [-0.05, 0) is 61.4 Å². The van der Waals surface area contributed by atoms with Gasteiger partial charge >= 0.3 is 0 Å². The van der Waals surface area contributed by atoms with Crippen molar-refractivity contribution < 1.29 is 0 Å². The summed E-state index contributed by atoms with van der Waals surface area (Å²) in [6.45, 7) is 3.87. The Morgan fingerprint density at radius 3 is 2.68 bits per heavy atom. The molecule has 2 atom stereocenters. The Bertz CT molecular complexity index is 1040. The first-order valence-corrected chi connectivity index (χ1v) is 9.90. The van der Waals surface area contributed by atoms with Gasteiger partial charge in [-0.3, -0.25) is 19.3 Å². The fourth-order valence-corrected chi connectivity index (χ4v) is 4.46. The maximum atomic E-state index is 12.8. The molecule has 0 radical (unpaired) electrons. The third-order valence-corrected chi connectivity index (χ3v) is 6.00. The van der Waals surface area contributed by atoms with Crippen LogP contribution in [0.25, 0.3) is 11.3 Å². The molecule has 0 bridgehead atoms. The molecule has 0 amide bonds. The first kappa shape index (κ1) is 17.1. The van der Waals surface area contributed by atoms with E-state index in [0.29, 0.717) is 12.0 Å². The number of rotatable bonds is 3. The van der Waals surface area contributed by atoms with Crippen LogP contribution in [-0.4, -0.2) is 32.1 Å². The number of pyridine rings is 2. The largest absolute Gasteiger partial charge is 0.339 e. The molecular weight excluding hydrogens is 350 g/mol. The standard InChI is InChI=1S/C22H23N5O/c1-15-5-9-26-21(28)12-20(17-2-6-23-7-3-17)25-22(26)27(15)14-16-10-18-4-8-24-13-19(18)11-16/h2-4,6-8,12-13,15-16H,5,9-11,14H2,1H3/t15?,16-/m1/s1. The fraction of sp³-hybridized carbons (Fsp3) is 0.364. The van der Waals surface area contributed by atoms with Crippen LogP contribution in [0, 0.1) is 5.92 Å². The lowest BCUT2D eigenvalue weighted by atomic mass is 10.0. The number of anilines is 1. The van der Waals surface area contributed by atoms with Gasteiger partial charge in [-0.1, -0.05) is 0 Å². The monoisotopic (exact) mass is 373 g/mol. The minimum Gasteiger partial charge on any atom is -0.339 e. The van der Waals surface area contributed by atoms with Crippen molar-refractivity contribution in [3.8, 4) is 11.3 Å². The van der Waals surface area contributed by atoms with Gasteiger partial charge in [0.15, 0.2) is 0 Å². The quantitative estimate of drug-likeness (QED) is 0.706. The molecule has 6 heteroatoms. The second-order valence-electron chi connectivity index (χ2n) is 7.88. The topological polar surface area (TPSA) is 63.9 Å². The lowest BCUT2D eigenvalue weighted by Gasteiger charge is -2.38. The third-order valence-electron chi connectivity index (χ3n) is 6.00. The minimum absolute atomic E-state index is 0.0209. The van der Waals surface area contributed by atoms with Crippen molar-refractivity contribution in [3.05, 3.63) is 70.5 Å². The highest BCUT2D eigenvalue weighted by Gasteiger charge is 2.30. The summed E-state index contributed by atoms with van der Waals surface area (Å²) in [6.07, 6.45) is 10.4. The molecule has 4 heterocycles. The number of hydrogen-bond donors (Lipinski definition) is 0. The Morgan fingerprint density at radius 2 is 1.86 bits per heavy atom. The Balaban J connectivity index is 1.49. The zero-order chi connectivity index (χ0) is 19.1. The highest BCUT2D eigenvalue weighted by atomic mass is 16.1. The molecule has 1 aliphatic carbocycles. The molecule has 5 rings (SSSR count). The van der Waals surface area contributed by atoms with Crippen LogP contribution in [0.1, 0.15) is 24.5 Å². The fourth-order valence-electron chi connectivity index (χ4n) is 4.46. The molecule has 1 aliphatic heterocycles. The predicted molar refractivity (Wildman–Crippen MR) is 108 cm³/mol. The molecule has 3 aromatic rings. The summed E-state index contributed by atoms with van der Waals surface area (Å²) in [5, 5.41) is 0. The molecule has 28 heavy (non-hydrogen) atoms. The van der Waals surface area contributed by atoms with Crippen molar-refractivity contribution >= 4 is 5.95 Å². The van der Waals surface area contributed by atoms with Gasteiger partial charge in [-0.2, -0.15) is 0 Å². The van der Waals surface area contributed by atoms with E-state index in [1.807, 2.05) is 29.1 Å². The summed E-state index contributed by atoms with van der Waals surface area (Å²) >= 11 is 0. The summed E-state index contributed by atoms with van der Waals surface area (Å²) in [6, 6.07) is 7.94. The van der Waals surface area contributed by atoms with E-state index in [1.165, 1.54) is 11.1 Å². The van der Waals surface area contributed by atoms with Crippen LogP contribution in [0.15, 0.2) is 53.8 Å². The molecule has 142 valence electrons. The number of hydrogen-bond acceptors (Lipinski definition) is 5. The van der Waals surface area contributed by atoms with E-state index in [4.69, 9.17) is 4.98 Å². The molecule has 0 N–H and O–H groups in total. The van der Waals surface area contributed by atoms with Crippen molar-refractivity contribution in [2.75, 3.05) is 11.4 Å². The highest BCUT2D eigenvalue weighted by molar-refractivity contribution is 5.59. The smallest absolute Gasteiger partial charge is 0.255 e. The molecule has 0 aromatic carbocycles. The number of nitrogens with zero attached hydrogens (tertiary/aromatic N) is 5. The van der Waals surface area contributed by atoms with E-state index in [-0.39, 0.29) is 5.56 Å². The molecular formula is C22H23N5O. The van der Waals surface area contributed by atoms with Crippen LogP contribution < -0.4 is 10.5 Å². The van der Waals surface area contributed by atoms with Crippen LogP contribution in [0.5, 0.6) is 0 Å². The van der Waals surface area contributed by atoms with Crippen LogP contribution >= 0.6 is 0 Å². The first-order chi connectivity index (χ1) is 13.7. The van der Waals surface area contributed by atoms with Crippen molar-refractivity contribution in [2.45, 2.75) is 38.8 Å². The first-order valence-electron chi connectivity index (χ1n) is 9.90. The van der Waals surface area contributed by atoms with Crippen molar-refractivity contribution in [1.82, 2.24) is 19.5 Å². The SMILES string of the molecule is CC1CCn2c(nc(-c3ccncc3)cc2=O)N1C[C@@H]1Cc2ccncc2C1. The Kier molecular flexibility index (Phi) is 4.19. The van der Waals surface area contributed by atoms with Crippen molar-refractivity contribution in [1.29, 1.82) is 0 Å². The maximum absolute atomic E-state index is 12.8. The molecule has 2 aliphatic rings. The Labute approximate surface area is 163 Å². The highest BCUT2D eigenvalue weighted by Crippen LogP contribution is 2.31. The molecule has 0 saturated heterocycles. The summed E-state index contributed by atoms with van der Waals surface area (Å²) < 4.78 is 1.83. The van der Waals surface area contributed by atoms with Gasteiger partial charge < -0.3 is 4.90 Å². The molecule has 0 saturated carbocycles. The lowest BCUT2D eigenvalue weighted by molar-refractivity contribution is 0.419. The van der Waals surface area contributed by atoms with E-state index < -0.39 is 0 Å². The number of aromatic nitrogens is 4. The molecule has 6 nitrogen and oxygen atoms in total. The van der Waals surface area contributed by atoms with E-state index in [2.05, 4.69) is 27.9 Å². The predicted octanol–water partition coefficient (Wildman–Crippen LogP) is 2.71. The van der Waals surface area contributed by atoms with E-state index >= 15 is 0 Å². The van der Waals surface area contributed by atoms with E-state index in [0.717, 1.165) is 49.6 Å².